The third-order valence-electron chi connectivity index (χ3n) is 12.9. The van der Waals surface area contributed by atoms with Crippen LogP contribution in [0.1, 0.15) is 92.9 Å². The van der Waals surface area contributed by atoms with Gasteiger partial charge < -0.3 is 24.8 Å². The van der Waals surface area contributed by atoms with Crippen LogP contribution < -0.4 is 19.5 Å². The first-order valence-electron chi connectivity index (χ1n) is 19.9. The van der Waals surface area contributed by atoms with Gasteiger partial charge in [0.25, 0.3) is 11.8 Å². The van der Waals surface area contributed by atoms with E-state index in [9.17, 15) is 27.9 Å². The topological polar surface area (TPSA) is 185 Å². The van der Waals surface area contributed by atoms with Crippen LogP contribution in [0.5, 0.6) is 11.6 Å². The maximum absolute atomic E-state index is 15.4. The van der Waals surface area contributed by atoms with Crippen molar-refractivity contribution in [3.63, 3.8) is 0 Å². The summed E-state index contributed by atoms with van der Waals surface area (Å²) in [7, 11) is -2.59. The van der Waals surface area contributed by atoms with Crippen LogP contribution in [0.15, 0.2) is 42.6 Å². The van der Waals surface area contributed by atoms with Crippen molar-refractivity contribution < 1.29 is 51.0 Å². The Labute approximate surface area is 338 Å². The summed E-state index contributed by atoms with van der Waals surface area (Å²) in [4.78, 5) is 63.3. The highest BCUT2D eigenvalue weighted by molar-refractivity contribution is 7.91. The minimum atomic E-state index is -4.09. The number of carbonyl (C=O) groups is 4. The molecule has 3 heterocycles. The molecule has 1 aromatic heterocycles. The molecule has 0 spiro atoms. The lowest BCUT2D eigenvalue weighted by molar-refractivity contribution is -0.157. The number of rotatable bonds is 10. The third-order valence-corrected chi connectivity index (χ3v) is 15.1. The van der Waals surface area contributed by atoms with E-state index in [4.69, 9.17) is 9.47 Å². The number of hydrogen-bond donors (Lipinski definition) is 3. The van der Waals surface area contributed by atoms with Gasteiger partial charge in [0.1, 0.15) is 35.0 Å². The zero-order valence-corrected chi connectivity index (χ0v) is 34.9. The van der Waals surface area contributed by atoms with E-state index in [1.54, 1.807) is 32.1 Å². The molecule has 17 heteroatoms. The number of carbonyl (C=O) groups excluding carboxylic acids is 3. The van der Waals surface area contributed by atoms with Gasteiger partial charge in [-0.15, -0.1) is 0 Å². The van der Waals surface area contributed by atoms with Gasteiger partial charge in [0.05, 0.1) is 24.6 Å². The molecule has 0 unspecified atom stereocenters. The minimum Gasteiger partial charge on any atom is -0.494 e. The summed E-state index contributed by atoms with van der Waals surface area (Å²) in [5.41, 5.74) is -4.03. The van der Waals surface area contributed by atoms with Crippen LogP contribution in [0.25, 0.3) is 10.8 Å². The van der Waals surface area contributed by atoms with Crippen LogP contribution in [-0.2, 0) is 24.4 Å². The number of nitrogens with one attached hydrogen (secondary N) is 2. The largest absolute Gasteiger partial charge is 0.494 e. The molecule has 14 nitrogen and oxygen atoms in total. The lowest BCUT2D eigenvalue weighted by Crippen LogP contribution is -2.67. The van der Waals surface area contributed by atoms with Gasteiger partial charge in [0, 0.05) is 30.0 Å². The summed E-state index contributed by atoms with van der Waals surface area (Å²) >= 11 is 0. The molecule has 1 saturated heterocycles. The number of carboxylic acid groups (broad SMARTS) is 1. The lowest BCUT2D eigenvalue weighted by atomic mass is 9.81. The van der Waals surface area contributed by atoms with Gasteiger partial charge in [-0.05, 0) is 77.2 Å². The molecule has 4 aliphatic rings. The lowest BCUT2D eigenvalue weighted by Gasteiger charge is -2.47. The van der Waals surface area contributed by atoms with Crippen LogP contribution in [0, 0.1) is 17.8 Å². The van der Waals surface area contributed by atoms with E-state index in [0.717, 1.165) is 13.8 Å². The van der Waals surface area contributed by atoms with Gasteiger partial charge in [0.15, 0.2) is 0 Å². The van der Waals surface area contributed by atoms with Crippen molar-refractivity contribution in [2.24, 2.45) is 17.8 Å². The normalized spacial score (nSPS) is 28.9. The molecule has 0 radical (unpaired) electrons. The monoisotopic (exact) mass is 831 g/mol. The fourth-order valence-electron chi connectivity index (χ4n) is 8.40. The number of benzene rings is 1. The number of hydrogen-bond acceptors (Lipinski definition) is 9. The van der Waals surface area contributed by atoms with E-state index in [2.05, 4.69) is 15.0 Å². The fourth-order valence-corrected chi connectivity index (χ4v) is 9.71. The number of alkyl halides is 2. The van der Waals surface area contributed by atoms with Crippen molar-refractivity contribution in [2.45, 2.75) is 133 Å². The van der Waals surface area contributed by atoms with Crippen molar-refractivity contribution in [1.29, 1.82) is 0 Å². The summed E-state index contributed by atoms with van der Waals surface area (Å²) in [6.07, 6.45) is 4.90. The Morgan fingerprint density at radius 1 is 1.14 bits per heavy atom. The molecule has 4 amide bonds. The molecular weight excluding hydrogens is 777 g/mol. The SMILES string of the molecule is CC[C@@H]1C[C@H](C)CCC=C[C@@H]2C[C@@]2(C(=O)NS(=O)(=O)C2(C)CC2)NC(=O)[C@@H]2C[C@@H](Oc3ncc(OC)c4ccccc34)CN2C(=O)[C@H]1N(C(=O)O)C(C)(C)C(C)(F)F. The average Bonchev–Trinajstić information content (AvgIpc) is 4.03. The number of fused-ring (bicyclic) bond motifs is 3. The second-order valence-electron chi connectivity index (χ2n) is 17.4. The fraction of sp³-hybridized carbons (Fsp3) is 0.634. The molecule has 6 rings (SSSR count). The van der Waals surface area contributed by atoms with Crippen molar-refractivity contribution in [3.8, 4) is 11.6 Å². The van der Waals surface area contributed by atoms with Gasteiger partial charge >= 0.3 is 6.09 Å². The zero-order valence-electron chi connectivity index (χ0n) is 34.1. The predicted octanol–water partition coefficient (Wildman–Crippen LogP) is 5.65. The number of allylic oxidation sites excluding steroid dienone is 1. The number of pyridine rings is 1. The van der Waals surface area contributed by atoms with Crippen molar-refractivity contribution in [1.82, 2.24) is 24.8 Å². The number of sulfonamides is 1. The summed E-state index contributed by atoms with van der Waals surface area (Å²) in [6, 6.07) is 4.16. The van der Waals surface area contributed by atoms with Crippen molar-refractivity contribution in [3.05, 3.63) is 42.6 Å². The highest BCUT2D eigenvalue weighted by Crippen LogP contribution is 2.48. The number of methoxy groups -OCH3 is 1. The van der Waals surface area contributed by atoms with Crippen LogP contribution in [0.4, 0.5) is 13.6 Å². The Morgan fingerprint density at radius 3 is 2.41 bits per heavy atom. The van der Waals surface area contributed by atoms with Crippen LogP contribution in [-0.4, -0.2) is 106 Å². The molecule has 7 atom stereocenters. The minimum absolute atomic E-state index is 0.0905. The van der Waals surface area contributed by atoms with E-state index >= 15 is 13.6 Å². The Bertz CT molecular complexity index is 2090. The number of nitrogens with zero attached hydrogens (tertiary/aromatic N) is 3. The van der Waals surface area contributed by atoms with Crippen molar-refractivity contribution in [2.75, 3.05) is 13.7 Å². The number of aromatic nitrogens is 1. The Morgan fingerprint density at radius 2 is 1.81 bits per heavy atom. The van der Waals surface area contributed by atoms with Gasteiger partial charge in [0.2, 0.25) is 27.7 Å². The Balaban J connectivity index is 1.44. The first-order chi connectivity index (χ1) is 27.1. The summed E-state index contributed by atoms with van der Waals surface area (Å²) in [5.74, 6) is -6.87. The molecule has 0 bridgehead atoms. The molecule has 2 aliphatic carbocycles. The van der Waals surface area contributed by atoms with Gasteiger partial charge in [-0.2, -0.15) is 0 Å². The van der Waals surface area contributed by atoms with E-state index in [-0.39, 0.29) is 37.6 Å². The summed E-state index contributed by atoms with van der Waals surface area (Å²) in [6.45, 7) is 7.77. The summed E-state index contributed by atoms with van der Waals surface area (Å²) < 4.78 is 70.4. The van der Waals surface area contributed by atoms with E-state index in [0.29, 0.717) is 60.4 Å². The maximum atomic E-state index is 15.4. The highest BCUT2D eigenvalue weighted by Gasteiger charge is 2.63. The molecule has 2 aliphatic heterocycles. The smallest absolute Gasteiger partial charge is 0.408 e. The molecule has 318 valence electrons. The van der Waals surface area contributed by atoms with Crippen molar-refractivity contribution >= 4 is 44.6 Å². The molecule has 58 heavy (non-hydrogen) atoms. The predicted molar refractivity (Wildman–Crippen MR) is 211 cm³/mol. The first kappa shape index (κ1) is 43.0. The molecule has 3 fully saturated rings. The molecule has 2 aromatic rings. The van der Waals surface area contributed by atoms with Gasteiger partial charge in [-0.25, -0.2) is 27.0 Å². The molecule has 1 aromatic carbocycles. The number of halogens is 2. The second kappa shape index (κ2) is 15.6. The second-order valence-corrected chi connectivity index (χ2v) is 19.6. The highest BCUT2D eigenvalue weighted by atomic mass is 32.2. The average molecular weight is 832 g/mol. The number of amides is 4. The summed E-state index contributed by atoms with van der Waals surface area (Å²) in [5, 5.41) is 14.8. The van der Waals surface area contributed by atoms with Crippen LogP contribution >= 0.6 is 0 Å². The van der Waals surface area contributed by atoms with E-state index in [1.807, 2.05) is 25.1 Å². The van der Waals surface area contributed by atoms with Crippen LogP contribution in [0.2, 0.25) is 0 Å². The third kappa shape index (κ3) is 7.94. The Hall–Kier alpha value is -4.54. The first-order valence-corrected chi connectivity index (χ1v) is 21.4. The Kier molecular flexibility index (Phi) is 11.6. The quantitative estimate of drug-likeness (QED) is 0.253. The molecule has 3 N–H and O–H groups in total. The van der Waals surface area contributed by atoms with Crippen LogP contribution in [0.3, 0.4) is 0 Å². The maximum Gasteiger partial charge on any atom is 0.408 e. The standard InChI is InChI=1S/C41H55F2N5O9S/c1-8-25-19-24(2)13-9-10-14-26-21-41(26,36(51)46-58(54,55)39(5)17-18-39)45-33(49)30-20-27(57-34-29-16-12-11-15-28(29)31(56-7)22-44-34)23-47(30)35(50)32(25)48(37(52)53)38(3,4)40(6,42)43/h10-12,14-16,22,24-27,30,32H,8-9,13,17-21,23H2,1-7H3,(H,45,49)(H,46,51)(H,52,53)/t24-,25-,26-,27-,30+,32+,41-/m1/s1. The zero-order chi connectivity index (χ0) is 42.6. The number of ether oxygens (including phenoxy) is 2. The molecule has 2 saturated carbocycles. The van der Waals surface area contributed by atoms with E-state index < -0.39 is 85.6 Å². The van der Waals surface area contributed by atoms with Gasteiger partial charge in [-0.1, -0.05) is 50.6 Å². The van der Waals surface area contributed by atoms with E-state index in [1.165, 1.54) is 18.2 Å². The molecular formula is C41H55F2N5O9S. The van der Waals surface area contributed by atoms with Gasteiger partial charge in [-0.3, -0.25) is 24.0 Å².